The summed E-state index contributed by atoms with van der Waals surface area (Å²) in [6, 6.07) is 7.09. The van der Waals surface area contributed by atoms with Crippen LogP contribution in [-0.2, 0) is 17.9 Å². The van der Waals surface area contributed by atoms with Crippen molar-refractivity contribution >= 4 is 16.9 Å². The smallest absolute Gasteiger partial charge is 0.317 e. The molecular formula is C14H17N3O3. The number of carbonyl (C=O) groups is 1. The molecular weight excluding hydrogens is 258 g/mol. The molecule has 0 saturated carbocycles. The Morgan fingerprint density at radius 2 is 1.60 bits per heavy atom. The standard InChI is InChI=1S/C14H17N3O3/c1-3-15-12(18)9-17-11-8-6-5-7-10(11)16(4-2)13(19)14(17)20/h5-8H,3-4,9H2,1-2H3,(H,15,18). The second-order valence-electron chi connectivity index (χ2n) is 4.38. The van der Waals surface area contributed by atoms with Crippen LogP contribution in [0.5, 0.6) is 0 Å². The van der Waals surface area contributed by atoms with Crippen LogP contribution >= 0.6 is 0 Å². The number of aryl methyl sites for hydroxylation is 1. The monoisotopic (exact) mass is 275 g/mol. The number of fused-ring (bicyclic) bond motifs is 1. The number of rotatable bonds is 4. The SMILES string of the molecule is CCNC(=O)Cn1c(=O)c(=O)n(CC)c2ccccc21. The zero-order valence-electron chi connectivity index (χ0n) is 11.5. The Kier molecular flexibility index (Phi) is 4.02. The van der Waals surface area contributed by atoms with Crippen LogP contribution in [0.25, 0.3) is 11.0 Å². The van der Waals surface area contributed by atoms with E-state index < -0.39 is 11.1 Å². The van der Waals surface area contributed by atoms with Crippen LogP contribution in [0.4, 0.5) is 0 Å². The fourth-order valence-electron chi connectivity index (χ4n) is 2.24. The van der Waals surface area contributed by atoms with Crippen molar-refractivity contribution in [1.29, 1.82) is 0 Å². The molecule has 0 aliphatic carbocycles. The molecule has 0 atom stereocenters. The van der Waals surface area contributed by atoms with Crippen molar-refractivity contribution in [3.05, 3.63) is 45.0 Å². The zero-order valence-corrected chi connectivity index (χ0v) is 11.5. The number of para-hydroxylation sites is 2. The molecule has 1 amide bonds. The van der Waals surface area contributed by atoms with Gasteiger partial charge in [0.25, 0.3) is 0 Å². The number of amides is 1. The molecule has 1 N–H and O–H groups in total. The number of nitrogens with one attached hydrogen (secondary N) is 1. The normalized spacial score (nSPS) is 10.7. The van der Waals surface area contributed by atoms with Crippen LogP contribution in [0, 0.1) is 0 Å². The fraction of sp³-hybridized carbons (Fsp3) is 0.357. The van der Waals surface area contributed by atoms with Crippen molar-refractivity contribution in [3.63, 3.8) is 0 Å². The van der Waals surface area contributed by atoms with E-state index in [0.717, 1.165) is 0 Å². The molecule has 6 nitrogen and oxygen atoms in total. The topological polar surface area (TPSA) is 73.1 Å². The molecule has 0 aliphatic rings. The van der Waals surface area contributed by atoms with Gasteiger partial charge in [0, 0.05) is 13.1 Å². The van der Waals surface area contributed by atoms with E-state index in [1.54, 1.807) is 38.1 Å². The molecule has 6 heteroatoms. The summed E-state index contributed by atoms with van der Waals surface area (Å²) in [5, 5.41) is 2.63. The van der Waals surface area contributed by atoms with E-state index in [-0.39, 0.29) is 12.5 Å². The van der Waals surface area contributed by atoms with Gasteiger partial charge < -0.3 is 9.88 Å². The lowest BCUT2D eigenvalue weighted by molar-refractivity contribution is -0.121. The van der Waals surface area contributed by atoms with E-state index >= 15 is 0 Å². The summed E-state index contributed by atoms with van der Waals surface area (Å²) in [5.74, 6) is -0.284. The van der Waals surface area contributed by atoms with Crippen molar-refractivity contribution in [2.75, 3.05) is 6.54 Å². The molecule has 0 radical (unpaired) electrons. The summed E-state index contributed by atoms with van der Waals surface area (Å²) >= 11 is 0. The molecule has 20 heavy (non-hydrogen) atoms. The number of aromatic nitrogens is 2. The zero-order chi connectivity index (χ0) is 14.7. The van der Waals surface area contributed by atoms with Gasteiger partial charge in [-0.3, -0.25) is 19.0 Å². The van der Waals surface area contributed by atoms with E-state index in [9.17, 15) is 14.4 Å². The quantitative estimate of drug-likeness (QED) is 0.817. The average molecular weight is 275 g/mol. The average Bonchev–Trinajstić information content (AvgIpc) is 2.45. The minimum Gasteiger partial charge on any atom is -0.355 e. The number of hydrogen-bond acceptors (Lipinski definition) is 3. The molecule has 2 aromatic rings. The van der Waals surface area contributed by atoms with Crippen molar-refractivity contribution in [1.82, 2.24) is 14.5 Å². The highest BCUT2D eigenvalue weighted by molar-refractivity contribution is 5.80. The Bertz CT molecular complexity index is 758. The highest BCUT2D eigenvalue weighted by Gasteiger charge is 2.13. The molecule has 0 unspecified atom stereocenters. The highest BCUT2D eigenvalue weighted by atomic mass is 16.2. The minimum atomic E-state index is -0.670. The van der Waals surface area contributed by atoms with Gasteiger partial charge in [0.15, 0.2) is 0 Å². The fourth-order valence-corrected chi connectivity index (χ4v) is 2.24. The van der Waals surface area contributed by atoms with E-state index in [1.807, 2.05) is 0 Å². The van der Waals surface area contributed by atoms with Gasteiger partial charge in [-0.05, 0) is 26.0 Å². The second kappa shape index (κ2) is 5.73. The molecule has 0 spiro atoms. The highest BCUT2D eigenvalue weighted by Crippen LogP contribution is 2.10. The number of likely N-dealkylation sites (N-methyl/N-ethyl adjacent to an activating group) is 1. The van der Waals surface area contributed by atoms with Crippen LogP contribution in [0.1, 0.15) is 13.8 Å². The van der Waals surface area contributed by atoms with Crippen LogP contribution in [-0.4, -0.2) is 21.6 Å². The molecule has 106 valence electrons. The van der Waals surface area contributed by atoms with Crippen LogP contribution in [0.2, 0.25) is 0 Å². The number of hydrogen-bond donors (Lipinski definition) is 1. The molecule has 2 rings (SSSR count). The first-order valence-corrected chi connectivity index (χ1v) is 6.59. The molecule has 0 aliphatic heterocycles. The summed E-state index contributed by atoms with van der Waals surface area (Å²) in [6.45, 7) is 4.36. The lowest BCUT2D eigenvalue weighted by Gasteiger charge is -2.13. The molecule has 1 heterocycles. The minimum absolute atomic E-state index is 0.146. The van der Waals surface area contributed by atoms with Crippen molar-refractivity contribution < 1.29 is 4.79 Å². The number of nitrogens with zero attached hydrogens (tertiary/aromatic N) is 2. The van der Waals surface area contributed by atoms with Gasteiger partial charge in [0.05, 0.1) is 11.0 Å². The van der Waals surface area contributed by atoms with Gasteiger partial charge in [0.2, 0.25) is 5.91 Å². The van der Waals surface area contributed by atoms with Crippen LogP contribution < -0.4 is 16.4 Å². The third kappa shape index (κ3) is 2.36. The van der Waals surface area contributed by atoms with Crippen LogP contribution in [0.3, 0.4) is 0 Å². The molecule has 1 aromatic heterocycles. The van der Waals surface area contributed by atoms with E-state index in [0.29, 0.717) is 24.1 Å². The van der Waals surface area contributed by atoms with Crippen molar-refractivity contribution in [3.8, 4) is 0 Å². The van der Waals surface area contributed by atoms with Gasteiger partial charge in [-0.2, -0.15) is 0 Å². The Hall–Kier alpha value is -2.37. The van der Waals surface area contributed by atoms with E-state index in [1.165, 1.54) is 9.13 Å². The van der Waals surface area contributed by atoms with Crippen molar-refractivity contribution in [2.24, 2.45) is 0 Å². The van der Waals surface area contributed by atoms with Gasteiger partial charge in [0.1, 0.15) is 6.54 Å². The Balaban J connectivity index is 2.72. The van der Waals surface area contributed by atoms with Gasteiger partial charge in [-0.15, -0.1) is 0 Å². The second-order valence-corrected chi connectivity index (χ2v) is 4.38. The first-order chi connectivity index (χ1) is 9.60. The predicted molar refractivity (Wildman–Crippen MR) is 76.8 cm³/mol. The lowest BCUT2D eigenvalue weighted by Crippen LogP contribution is -2.43. The summed E-state index contributed by atoms with van der Waals surface area (Å²) in [7, 11) is 0. The molecule has 0 bridgehead atoms. The van der Waals surface area contributed by atoms with E-state index in [4.69, 9.17) is 0 Å². The summed E-state index contributed by atoms with van der Waals surface area (Å²) in [5.41, 5.74) is -0.0265. The molecule has 1 aromatic carbocycles. The lowest BCUT2D eigenvalue weighted by atomic mass is 10.2. The van der Waals surface area contributed by atoms with Crippen molar-refractivity contribution in [2.45, 2.75) is 26.9 Å². The largest absolute Gasteiger partial charge is 0.355 e. The Morgan fingerprint density at radius 1 is 1.05 bits per heavy atom. The maximum atomic E-state index is 12.2. The van der Waals surface area contributed by atoms with Gasteiger partial charge in [-0.1, -0.05) is 12.1 Å². The third-order valence-corrected chi connectivity index (χ3v) is 3.13. The number of carbonyl (C=O) groups excluding carboxylic acids is 1. The number of benzene rings is 1. The summed E-state index contributed by atoms with van der Waals surface area (Å²) in [4.78, 5) is 35.9. The third-order valence-electron chi connectivity index (χ3n) is 3.13. The van der Waals surface area contributed by atoms with Crippen LogP contribution in [0.15, 0.2) is 33.9 Å². The Morgan fingerprint density at radius 3 is 2.15 bits per heavy atom. The predicted octanol–water partition coefficient (Wildman–Crippen LogP) is 0.319. The first kappa shape index (κ1) is 14.0. The first-order valence-electron chi connectivity index (χ1n) is 6.59. The maximum absolute atomic E-state index is 12.2. The summed E-state index contributed by atoms with van der Waals surface area (Å²) in [6.07, 6.45) is 0. The Labute approximate surface area is 115 Å². The van der Waals surface area contributed by atoms with E-state index in [2.05, 4.69) is 5.32 Å². The maximum Gasteiger partial charge on any atom is 0.317 e. The molecule has 0 fully saturated rings. The van der Waals surface area contributed by atoms with Gasteiger partial charge >= 0.3 is 11.1 Å². The van der Waals surface area contributed by atoms with Gasteiger partial charge in [-0.25, -0.2) is 0 Å². The molecule has 0 saturated heterocycles. The summed E-state index contributed by atoms with van der Waals surface area (Å²) < 4.78 is 2.65.